The topological polar surface area (TPSA) is 64.6 Å². The Morgan fingerprint density at radius 3 is 2.23 bits per heavy atom. The second kappa shape index (κ2) is 11.2. The third kappa shape index (κ3) is 6.24. The van der Waals surface area contributed by atoms with Crippen molar-refractivity contribution in [2.45, 2.75) is 31.7 Å². The van der Waals surface area contributed by atoms with Gasteiger partial charge in [-0.2, -0.15) is 0 Å². The summed E-state index contributed by atoms with van der Waals surface area (Å²) in [6, 6.07) is 12.7. The van der Waals surface area contributed by atoms with Crippen molar-refractivity contribution in [3.05, 3.63) is 54.4 Å². The van der Waals surface area contributed by atoms with Gasteiger partial charge in [0, 0.05) is 45.1 Å². The van der Waals surface area contributed by atoms with E-state index in [4.69, 9.17) is 0 Å². The molecule has 1 atom stereocenters. The first-order chi connectivity index (χ1) is 15.3. The van der Waals surface area contributed by atoms with Crippen LogP contribution in [0.25, 0.3) is 0 Å². The van der Waals surface area contributed by atoms with Crippen molar-refractivity contribution in [2.24, 2.45) is 0 Å². The SMILES string of the molecule is O=C(CN1CCN(c2ncccn2)CC1)NC[C@H](c1ccccc1)N1CCCCCC1. The van der Waals surface area contributed by atoms with E-state index in [0.29, 0.717) is 13.1 Å². The molecule has 1 aromatic carbocycles. The number of aromatic nitrogens is 2. The van der Waals surface area contributed by atoms with E-state index in [1.807, 2.05) is 6.07 Å². The van der Waals surface area contributed by atoms with Gasteiger partial charge >= 0.3 is 0 Å². The lowest BCUT2D eigenvalue weighted by Crippen LogP contribution is -2.50. The van der Waals surface area contributed by atoms with Gasteiger partial charge < -0.3 is 10.2 Å². The van der Waals surface area contributed by atoms with Crippen molar-refractivity contribution in [2.75, 3.05) is 57.3 Å². The van der Waals surface area contributed by atoms with E-state index < -0.39 is 0 Å². The molecule has 2 aliphatic rings. The van der Waals surface area contributed by atoms with Crippen molar-refractivity contribution in [1.82, 2.24) is 25.1 Å². The minimum absolute atomic E-state index is 0.111. The number of carbonyl (C=O) groups excluding carboxylic acids is 1. The van der Waals surface area contributed by atoms with Gasteiger partial charge in [-0.3, -0.25) is 14.6 Å². The first-order valence-electron chi connectivity index (χ1n) is 11.6. The highest BCUT2D eigenvalue weighted by Crippen LogP contribution is 2.23. The number of hydrogen-bond donors (Lipinski definition) is 1. The van der Waals surface area contributed by atoms with Crippen LogP contribution in [0.4, 0.5) is 5.95 Å². The van der Waals surface area contributed by atoms with Crippen LogP contribution in [-0.4, -0.2) is 78.0 Å². The van der Waals surface area contributed by atoms with Gasteiger partial charge in [0.25, 0.3) is 0 Å². The van der Waals surface area contributed by atoms with Gasteiger partial charge in [0.05, 0.1) is 12.6 Å². The smallest absolute Gasteiger partial charge is 0.234 e. The molecule has 2 saturated heterocycles. The molecule has 1 aromatic heterocycles. The highest BCUT2D eigenvalue weighted by molar-refractivity contribution is 5.78. The van der Waals surface area contributed by atoms with Crippen LogP contribution in [0, 0.1) is 0 Å². The molecule has 7 heteroatoms. The Morgan fingerprint density at radius 1 is 0.871 bits per heavy atom. The maximum absolute atomic E-state index is 12.7. The molecule has 3 heterocycles. The number of carbonyl (C=O) groups is 1. The lowest BCUT2D eigenvalue weighted by Gasteiger charge is -2.34. The average Bonchev–Trinajstić information content (AvgIpc) is 3.11. The fraction of sp³-hybridized carbons (Fsp3) is 0.542. The molecule has 0 saturated carbocycles. The van der Waals surface area contributed by atoms with E-state index >= 15 is 0 Å². The second-order valence-corrected chi connectivity index (χ2v) is 8.49. The Balaban J connectivity index is 1.28. The number of hydrogen-bond acceptors (Lipinski definition) is 6. The Kier molecular flexibility index (Phi) is 7.85. The van der Waals surface area contributed by atoms with Gasteiger partial charge in [-0.1, -0.05) is 43.2 Å². The predicted molar refractivity (Wildman–Crippen MR) is 123 cm³/mol. The molecule has 2 fully saturated rings. The van der Waals surface area contributed by atoms with Crippen LogP contribution >= 0.6 is 0 Å². The molecule has 1 N–H and O–H groups in total. The number of amides is 1. The number of anilines is 1. The van der Waals surface area contributed by atoms with Crippen LogP contribution in [0.5, 0.6) is 0 Å². The Hall–Kier alpha value is -2.51. The van der Waals surface area contributed by atoms with Crippen LogP contribution in [-0.2, 0) is 4.79 Å². The van der Waals surface area contributed by atoms with Gasteiger partial charge in [0.2, 0.25) is 11.9 Å². The number of benzene rings is 1. The zero-order chi connectivity index (χ0) is 21.3. The summed E-state index contributed by atoms with van der Waals surface area (Å²) in [4.78, 5) is 28.4. The molecule has 31 heavy (non-hydrogen) atoms. The van der Waals surface area contributed by atoms with Gasteiger partial charge in [0.15, 0.2) is 0 Å². The molecule has 4 rings (SSSR count). The minimum atomic E-state index is 0.111. The minimum Gasteiger partial charge on any atom is -0.353 e. The van der Waals surface area contributed by atoms with Crippen molar-refractivity contribution in [1.29, 1.82) is 0 Å². The summed E-state index contributed by atoms with van der Waals surface area (Å²) >= 11 is 0. The third-order valence-corrected chi connectivity index (χ3v) is 6.33. The van der Waals surface area contributed by atoms with Crippen LogP contribution < -0.4 is 10.2 Å². The van der Waals surface area contributed by atoms with Gasteiger partial charge in [-0.15, -0.1) is 0 Å². The molecule has 2 aromatic rings. The zero-order valence-electron chi connectivity index (χ0n) is 18.3. The van der Waals surface area contributed by atoms with Crippen molar-refractivity contribution >= 4 is 11.9 Å². The number of likely N-dealkylation sites (tertiary alicyclic amines) is 1. The maximum atomic E-state index is 12.7. The normalized spacial score (nSPS) is 19.5. The van der Waals surface area contributed by atoms with Crippen LogP contribution in [0.15, 0.2) is 48.8 Å². The lowest BCUT2D eigenvalue weighted by molar-refractivity contribution is -0.122. The molecule has 0 spiro atoms. The largest absolute Gasteiger partial charge is 0.353 e. The van der Waals surface area contributed by atoms with Crippen LogP contribution in [0.1, 0.15) is 37.3 Å². The Labute approximate surface area is 185 Å². The highest BCUT2D eigenvalue weighted by atomic mass is 16.2. The van der Waals surface area contributed by atoms with Crippen molar-refractivity contribution in [3.8, 4) is 0 Å². The summed E-state index contributed by atoms with van der Waals surface area (Å²) in [5.41, 5.74) is 1.29. The standard InChI is InChI=1S/C24H34N6O/c31-23(20-28-15-17-30(18-16-28)24-25-11-8-12-26-24)27-19-22(21-9-4-3-5-10-21)29-13-6-1-2-7-14-29/h3-5,8-12,22H,1-2,6-7,13-20H2,(H,27,31)/t22-/m1/s1. The average molecular weight is 423 g/mol. The molecule has 2 aliphatic heterocycles. The number of piperazine rings is 1. The van der Waals surface area contributed by atoms with E-state index in [0.717, 1.165) is 45.2 Å². The Morgan fingerprint density at radius 2 is 1.55 bits per heavy atom. The monoisotopic (exact) mass is 422 g/mol. The fourth-order valence-corrected chi connectivity index (χ4v) is 4.57. The summed E-state index contributed by atoms with van der Waals surface area (Å²) in [6.45, 7) is 6.72. The van der Waals surface area contributed by atoms with Crippen LogP contribution in [0.2, 0.25) is 0 Å². The molecule has 0 aliphatic carbocycles. The summed E-state index contributed by atoms with van der Waals surface area (Å²) in [5, 5.41) is 3.23. The molecule has 0 radical (unpaired) electrons. The fourth-order valence-electron chi connectivity index (χ4n) is 4.57. The molecule has 7 nitrogen and oxygen atoms in total. The van der Waals surface area contributed by atoms with Crippen molar-refractivity contribution in [3.63, 3.8) is 0 Å². The van der Waals surface area contributed by atoms with Gasteiger partial charge in [0.1, 0.15) is 0 Å². The number of nitrogens with one attached hydrogen (secondary N) is 1. The predicted octanol–water partition coefficient (Wildman–Crippen LogP) is 2.33. The summed E-state index contributed by atoms with van der Waals surface area (Å²) in [7, 11) is 0. The van der Waals surface area contributed by atoms with Gasteiger partial charge in [-0.05, 0) is 37.6 Å². The highest BCUT2D eigenvalue weighted by Gasteiger charge is 2.24. The molecule has 1 amide bonds. The first-order valence-corrected chi connectivity index (χ1v) is 11.6. The third-order valence-electron chi connectivity index (χ3n) is 6.33. The number of rotatable bonds is 7. The van der Waals surface area contributed by atoms with E-state index in [1.165, 1.54) is 31.2 Å². The second-order valence-electron chi connectivity index (χ2n) is 8.49. The molecule has 0 bridgehead atoms. The summed E-state index contributed by atoms with van der Waals surface area (Å²) in [6.07, 6.45) is 8.65. The summed E-state index contributed by atoms with van der Waals surface area (Å²) < 4.78 is 0. The first kappa shape index (κ1) is 21.7. The zero-order valence-corrected chi connectivity index (χ0v) is 18.3. The molecule has 0 unspecified atom stereocenters. The van der Waals surface area contributed by atoms with E-state index in [2.05, 4.69) is 60.3 Å². The lowest BCUT2D eigenvalue weighted by atomic mass is 10.0. The Bertz CT molecular complexity index is 786. The maximum Gasteiger partial charge on any atom is 0.234 e. The van der Waals surface area contributed by atoms with E-state index in [-0.39, 0.29) is 11.9 Å². The molecular weight excluding hydrogens is 388 g/mol. The molecular formula is C24H34N6O. The van der Waals surface area contributed by atoms with E-state index in [9.17, 15) is 4.79 Å². The summed E-state index contributed by atoms with van der Waals surface area (Å²) in [5.74, 6) is 0.884. The van der Waals surface area contributed by atoms with Gasteiger partial charge in [-0.25, -0.2) is 9.97 Å². The number of nitrogens with zero attached hydrogens (tertiary/aromatic N) is 5. The van der Waals surface area contributed by atoms with Crippen molar-refractivity contribution < 1.29 is 4.79 Å². The quantitative estimate of drug-likeness (QED) is 0.739. The van der Waals surface area contributed by atoms with Crippen LogP contribution in [0.3, 0.4) is 0 Å². The van der Waals surface area contributed by atoms with E-state index in [1.54, 1.807) is 12.4 Å². The molecule has 166 valence electrons.